The Morgan fingerprint density at radius 3 is 2.08 bits per heavy atom. The average molecular weight is 207 g/mol. The summed E-state index contributed by atoms with van der Waals surface area (Å²) in [6.45, 7) is 11.9. The van der Waals surface area contributed by atoms with E-state index in [0.717, 1.165) is 13.1 Å². The Balaban J connectivity index is 4.12. The normalized spacial score (nSPS) is 16.5. The molecule has 3 nitrogen and oxygen atoms in total. The van der Waals surface area contributed by atoms with Gasteiger partial charge in [0.25, 0.3) is 7.52 Å². The molecule has 0 aromatic heterocycles. The Hall–Kier alpha value is 0.150. The Morgan fingerprint density at radius 1 is 1.31 bits per heavy atom. The monoisotopic (exact) mass is 207 g/mol. The van der Waals surface area contributed by atoms with Gasteiger partial charge in [0.2, 0.25) is 0 Å². The molecular formula is C9H22NO2P. The molecule has 0 fully saturated rings. The van der Waals surface area contributed by atoms with Crippen LogP contribution in [0.15, 0.2) is 0 Å². The summed E-state index contributed by atoms with van der Waals surface area (Å²) >= 11 is 0. The van der Waals surface area contributed by atoms with Gasteiger partial charge < -0.3 is 4.52 Å². The van der Waals surface area contributed by atoms with E-state index < -0.39 is 7.52 Å². The Morgan fingerprint density at radius 2 is 1.77 bits per heavy atom. The first-order chi connectivity index (χ1) is 5.94. The molecule has 0 aliphatic rings. The Bertz CT molecular complexity index is 178. The van der Waals surface area contributed by atoms with Crippen molar-refractivity contribution in [1.82, 2.24) is 4.67 Å². The highest BCUT2D eigenvalue weighted by Crippen LogP contribution is 2.46. The second kappa shape index (κ2) is 5.79. The van der Waals surface area contributed by atoms with Crippen LogP contribution in [0, 0.1) is 5.92 Å². The van der Waals surface area contributed by atoms with Crippen molar-refractivity contribution in [2.24, 2.45) is 5.92 Å². The van der Waals surface area contributed by atoms with Crippen LogP contribution in [0.3, 0.4) is 0 Å². The first-order valence-electron chi connectivity index (χ1n) is 4.91. The van der Waals surface area contributed by atoms with Gasteiger partial charge in [-0.2, -0.15) is 0 Å². The highest BCUT2D eigenvalue weighted by molar-refractivity contribution is 7.55. The predicted octanol–water partition coefficient (Wildman–Crippen LogP) is 2.82. The Kier molecular flexibility index (Phi) is 5.86. The van der Waals surface area contributed by atoms with Gasteiger partial charge in [-0.3, -0.25) is 4.57 Å². The summed E-state index contributed by atoms with van der Waals surface area (Å²) in [7, 11) is -2.52. The highest BCUT2D eigenvalue weighted by atomic mass is 31.2. The molecule has 0 aromatic carbocycles. The van der Waals surface area contributed by atoms with Gasteiger partial charge >= 0.3 is 0 Å². The molecule has 0 rings (SSSR count). The van der Waals surface area contributed by atoms with E-state index >= 15 is 0 Å². The Labute approximate surface area is 82.0 Å². The summed E-state index contributed by atoms with van der Waals surface area (Å²) in [6, 6.07) is 0. The number of hydrogen-bond donors (Lipinski definition) is 0. The van der Waals surface area contributed by atoms with E-state index in [9.17, 15) is 4.57 Å². The van der Waals surface area contributed by atoms with Gasteiger partial charge in [0, 0.05) is 19.8 Å². The fourth-order valence-electron chi connectivity index (χ4n) is 1.11. The molecule has 0 bridgehead atoms. The predicted molar refractivity (Wildman–Crippen MR) is 57.2 cm³/mol. The molecule has 0 aromatic rings. The zero-order chi connectivity index (χ0) is 10.5. The van der Waals surface area contributed by atoms with Crippen molar-refractivity contribution in [2.45, 2.75) is 27.7 Å². The first-order valence-corrected chi connectivity index (χ1v) is 6.94. The molecule has 1 atom stereocenters. The van der Waals surface area contributed by atoms with Crippen LogP contribution in [0.2, 0.25) is 0 Å². The summed E-state index contributed by atoms with van der Waals surface area (Å²) < 4.78 is 19.3. The van der Waals surface area contributed by atoms with Crippen LogP contribution in [-0.4, -0.2) is 31.0 Å². The lowest BCUT2D eigenvalue weighted by molar-refractivity contribution is 0.238. The third-order valence-electron chi connectivity index (χ3n) is 1.89. The molecule has 0 saturated heterocycles. The molecule has 0 radical (unpaired) electrons. The van der Waals surface area contributed by atoms with Crippen molar-refractivity contribution in [1.29, 1.82) is 0 Å². The third kappa shape index (κ3) is 4.80. The van der Waals surface area contributed by atoms with Crippen molar-refractivity contribution in [3.63, 3.8) is 0 Å². The van der Waals surface area contributed by atoms with E-state index in [2.05, 4.69) is 13.8 Å². The summed E-state index contributed by atoms with van der Waals surface area (Å²) in [4.78, 5) is 0. The molecule has 0 heterocycles. The maximum absolute atomic E-state index is 12.0. The minimum absolute atomic E-state index is 0.434. The smallest absolute Gasteiger partial charge is 0.269 e. The van der Waals surface area contributed by atoms with Gasteiger partial charge in [0.15, 0.2) is 0 Å². The van der Waals surface area contributed by atoms with Gasteiger partial charge in [-0.1, -0.05) is 27.7 Å². The van der Waals surface area contributed by atoms with Crippen molar-refractivity contribution in [3.8, 4) is 0 Å². The summed E-state index contributed by atoms with van der Waals surface area (Å²) in [5.74, 6) is 0.434. The van der Waals surface area contributed by atoms with Gasteiger partial charge in [0.05, 0.1) is 6.61 Å². The van der Waals surface area contributed by atoms with Crippen molar-refractivity contribution >= 4 is 7.52 Å². The molecule has 13 heavy (non-hydrogen) atoms. The molecule has 0 aliphatic heterocycles. The van der Waals surface area contributed by atoms with Crippen LogP contribution < -0.4 is 0 Å². The standard InChI is InChI=1S/C9H22NO2P/c1-6-10(7-2)13(5,11)12-8-9(3)4/h9H,6-8H2,1-5H3. The summed E-state index contributed by atoms with van der Waals surface area (Å²) in [5.41, 5.74) is 0. The second-order valence-electron chi connectivity index (χ2n) is 3.63. The topological polar surface area (TPSA) is 29.5 Å². The fourth-order valence-corrected chi connectivity index (χ4v) is 2.87. The van der Waals surface area contributed by atoms with E-state index in [-0.39, 0.29) is 0 Å². The number of rotatable bonds is 6. The SMILES string of the molecule is CCN(CC)P(C)(=O)OCC(C)C. The number of hydrogen-bond acceptors (Lipinski definition) is 2. The molecule has 1 unspecified atom stereocenters. The van der Waals surface area contributed by atoms with Crippen LogP contribution in [-0.2, 0) is 9.09 Å². The average Bonchev–Trinajstić information content (AvgIpc) is 2.03. The number of nitrogens with zero attached hydrogens (tertiary/aromatic N) is 1. The van der Waals surface area contributed by atoms with Gasteiger partial charge in [-0.05, 0) is 5.92 Å². The second-order valence-corrected chi connectivity index (χ2v) is 6.06. The third-order valence-corrected chi connectivity index (χ3v) is 4.11. The van der Waals surface area contributed by atoms with E-state index in [0.29, 0.717) is 12.5 Å². The van der Waals surface area contributed by atoms with Crippen molar-refractivity contribution in [2.75, 3.05) is 26.4 Å². The van der Waals surface area contributed by atoms with Gasteiger partial charge in [-0.25, -0.2) is 4.67 Å². The summed E-state index contributed by atoms with van der Waals surface area (Å²) in [5, 5.41) is 0. The lowest BCUT2D eigenvalue weighted by Crippen LogP contribution is -2.21. The van der Waals surface area contributed by atoms with E-state index in [4.69, 9.17) is 4.52 Å². The maximum atomic E-state index is 12.0. The van der Waals surface area contributed by atoms with E-state index in [1.54, 1.807) is 6.66 Å². The molecule has 0 spiro atoms. The lowest BCUT2D eigenvalue weighted by Gasteiger charge is -2.26. The van der Waals surface area contributed by atoms with Crippen LogP contribution in [0.25, 0.3) is 0 Å². The van der Waals surface area contributed by atoms with Crippen LogP contribution in [0.1, 0.15) is 27.7 Å². The largest absolute Gasteiger partial charge is 0.317 e. The lowest BCUT2D eigenvalue weighted by atomic mass is 10.2. The van der Waals surface area contributed by atoms with Gasteiger partial charge in [-0.15, -0.1) is 0 Å². The van der Waals surface area contributed by atoms with Gasteiger partial charge in [0.1, 0.15) is 0 Å². The minimum Gasteiger partial charge on any atom is -0.317 e. The maximum Gasteiger partial charge on any atom is 0.269 e. The molecule has 0 saturated carbocycles. The molecule has 0 amide bonds. The molecule has 0 N–H and O–H groups in total. The molecule has 0 aliphatic carbocycles. The highest BCUT2D eigenvalue weighted by Gasteiger charge is 2.23. The quantitative estimate of drug-likeness (QED) is 0.627. The van der Waals surface area contributed by atoms with Crippen molar-refractivity contribution < 1.29 is 9.09 Å². The van der Waals surface area contributed by atoms with Crippen LogP contribution in [0.5, 0.6) is 0 Å². The van der Waals surface area contributed by atoms with Crippen LogP contribution in [0.4, 0.5) is 0 Å². The molecule has 4 heteroatoms. The van der Waals surface area contributed by atoms with E-state index in [1.807, 2.05) is 18.5 Å². The summed E-state index contributed by atoms with van der Waals surface area (Å²) in [6.07, 6.45) is 0. The fraction of sp³-hybridized carbons (Fsp3) is 1.00. The zero-order valence-electron chi connectivity index (χ0n) is 9.41. The van der Waals surface area contributed by atoms with Crippen LogP contribution >= 0.6 is 7.52 Å². The first kappa shape index (κ1) is 13.2. The molecular weight excluding hydrogens is 185 g/mol. The van der Waals surface area contributed by atoms with Crippen molar-refractivity contribution in [3.05, 3.63) is 0 Å². The van der Waals surface area contributed by atoms with E-state index in [1.165, 1.54) is 0 Å². The zero-order valence-corrected chi connectivity index (χ0v) is 10.3. The molecule has 80 valence electrons. The minimum atomic E-state index is -2.52.